The smallest absolute Gasteiger partial charge is 0.240 e. The summed E-state index contributed by atoms with van der Waals surface area (Å²) in [5, 5.41) is 12.9. The molecule has 2 aromatic rings. The number of methoxy groups -OCH3 is 3. The lowest BCUT2D eigenvalue weighted by Crippen LogP contribution is -2.31. The Labute approximate surface area is 162 Å². The van der Waals surface area contributed by atoms with Gasteiger partial charge in [-0.2, -0.15) is 0 Å². The molecule has 2 rings (SSSR count). The van der Waals surface area contributed by atoms with E-state index >= 15 is 0 Å². The van der Waals surface area contributed by atoms with Gasteiger partial charge in [-0.1, -0.05) is 11.8 Å². The zero-order valence-corrected chi connectivity index (χ0v) is 16.5. The van der Waals surface area contributed by atoms with Gasteiger partial charge in [0, 0.05) is 25.5 Å². The van der Waals surface area contributed by atoms with Gasteiger partial charge in [-0.3, -0.25) is 4.79 Å². The van der Waals surface area contributed by atoms with Crippen molar-refractivity contribution in [3.05, 3.63) is 35.7 Å². The molecule has 0 fully saturated rings. The Balaban J connectivity index is 2.08. The molecule has 0 saturated carbocycles. The number of aliphatic hydroxyl groups excluding tert-OH is 1. The molecule has 9 heteroatoms. The molecule has 0 aliphatic heterocycles. The van der Waals surface area contributed by atoms with Gasteiger partial charge in [0.15, 0.2) is 5.16 Å². The maximum atomic E-state index is 12.1. The number of ether oxygens (including phenoxy) is 3. The lowest BCUT2D eigenvalue weighted by molar-refractivity contribution is -0.122. The van der Waals surface area contributed by atoms with E-state index in [1.54, 1.807) is 32.1 Å². The fourth-order valence-corrected chi connectivity index (χ4v) is 3.32. The standard InChI is InChI=1S/C18H25N3O5S/c1-24-5-4-19-17(23)10-21-14(11-22)9-20-18(21)27-12-13-6-15(25-2)8-16(7-13)26-3/h6-9,22H,4-5,10-12H2,1-3H3,(H,19,23). The van der Waals surface area contributed by atoms with E-state index in [9.17, 15) is 9.90 Å². The number of benzene rings is 1. The van der Waals surface area contributed by atoms with Gasteiger partial charge < -0.3 is 29.2 Å². The summed E-state index contributed by atoms with van der Waals surface area (Å²) in [6.45, 7) is 0.779. The Bertz CT molecular complexity index is 728. The first-order valence-corrected chi connectivity index (χ1v) is 9.35. The highest BCUT2D eigenvalue weighted by molar-refractivity contribution is 7.98. The minimum atomic E-state index is -0.189. The molecule has 1 heterocycles. The summed E-state index contributed by atoms with van der Waals surface area (Å²) in [5.74, 6) is 1.87. The highest BCUT2D eigenvalue weighted by Gasteiger charge is 2.14. The average molecular weight is 395 g/mol. The lowest BCUT2D eigenvalue weighted by atomic mass is 10.2. The summed E-state index contributed by atoms with van der Waals surface area (Å²) in [6.07, 6.45) is 1.58. The minimum Gasteiger partial charge on any atom is -0.497 e. The zero-order chi connectivity index (χ0) is 19.6. The van der Waals surface area contributed by atoms with E-state index < -0.39 is 0 Å². The van der Waals surface area contributed by atoms with Crippen LogP contribution in [0.4, 0.5) is 0 Å². The third kappa shape index (κ3) is 6.16. The summed E-state index contributed by atoms with van der Waals surface area (Å²) in [7, 11) is 4.79. The van der Waals surface area contributed by atoms with E-state index in [1.165, 1.54) is 11.8 Å². The van der Waals surface area contributed by atoms with Gasteiger partial charge in [0.25, 0.3) is 0 Å². The molecular formula is C18H25N3O5S. The van der Waals surface area contributed by atoms with E-state index in [-0.39, 0.29) is 19.1 Å². The third-order valence-corrected chi connectivity index (χ3v) is 4.83. The van der Waals surface area contributed by atoms with E-state index in [0.29, 0.717) is 41.3 Å². The van der Waals surface area contributed by atoms with Crippen LogP contribution < -0.4 is 14.8 Å². The number of aromatic nitrogens is 2. The second-order valence-corrected chi connectivity index (χ2v) is 6.57. The van der Waals surface area contributed by atoms with Gasteiger partial charge in [0.05, 0.1) is 39.3 Å². The zero-order valence-electron chi connectivity index (χ0n) is 15.7. The number of amides is 1. The van der Waals surface area contributed by atoms with E-state index in [4.69, 9.17) is 14.2 Å². The van der Waals surface area contributed by atoms with Crippen molar-refractivity contribution in [1.82, 2.24) is 14.9 Å². The van der Waals surface area contributed by atoms with Crippen LogP contribution in [-0.4, -0.2) is 55.0 Å². The highest BCUT2D eigenvalue weighted by atomic mass is 32.2. The summed E-state index contributed by atoms with van der Waals surface area (Å²) >= 11 is 1.47. The molecule has 0 bridgehead atoms. The number of aliphatic hydroxyl groups is 1. The molecule has 0 radical (unpaired) electrons. The topological polar surface area (TPSA) is 94.8 Å². The Kier molecular flexibility index (Phi) is 8.43. The van der Waals surface area contributed by atoms with Crippen LogP contribution in [-0.2, 0) is 28.4 Å². The molecule has 1 amide bonds. The number of nitrogens with one attached hydrogen (secondary N) is 1. The number of hydrogen-bond acceptors (Lipinski definition) is 7. The van der Waals surface area contributed by atoms with Crippen LogP contribution >= 0.6 is 11.8 Å². The molecule has 8 nitrogen and oxygen atoms in total. The van der Waals surface area contributed by atoms with Gasteiger partial charge in [-0.25, -0.2) is 4.98 Å². The molecule has 1 aromatic carbocycles. The van der Waals surface area contributed by atoms with Crippen molar-refractivity contribution < 1.29 is 24.1 Å². The second kappa shape index (κ2) is 10.8. The molecule has 0 aliphatic carbocycles. The summed E-state index contributed by atoms with van der Waals surface area (Å²) in [6, 6.07) is 5.66. The molecule has 27 heavy (non-hydrogen) atoms. The van der Waals surface area contributed by atoms with E-state index in [0.717, 1.165) is 5.56 Å². The Morgan fingerprint density at radius 3 is 2.52 bits per heavy atom. The number of carbonyl (C=O) groups is 1. The van der Waals surface area contributed by atoms with E-state index in [2.05, 4.69) is 10.3 Å². The molecule has 0 unspecified atom stereocenters. The second-order valence-electron chi connectivity index (χ2n) is 5.63. The number of thioether (sulfide) groups is 1. The van der Waals surface area contributed by atoms with Gasteiger partial charge >= 0.3 is 0 Å². The van der Waals surface area contributed by atoms with Crippen molar-refractivity contribution in [3.63, 3.8) is 0 Å². The van der Waals surface area contributed by atoms with Crippen LogP contribution in [0.2, 0.25) is 0 Å². The lowest BCUT2D eigenvalue weighted by Gasteiger charge is -2.12. The summed E-state index contributed by atoms with van der Waals surface area (Å²) < 4.78 is 17.2. The quantitative estimate of drug-likeness (QED) is 0.439. The van der Waals surface area contributed by atoms with E-state index in [1.807, 2.05) is 18.2 Å². The SMILES string of the molecule is COCCNC(=O)Cn1c(CO)cnc1SCc1cc(OC)cc(OC)c1. The van der Waals surface area contributed by atoms with Crippen LogP contribution in [0.3, 0.4) is 0 Å². The molecular weight excluding hydrogens is 370 g/mol. The molecule has 148 valence electrons. The maximum Gasteiger partial charge on any atom is 0.240 e. The van der Waals surface area contributed by atoms with Crippen molar-refractivity contribution in [2.75, 3.05) is 34.5 Å². The first kappa shape index (κ1) is 21.1. The molecule has 0 spiro atoms. The molecule has 1 aromatic heterocycles. The van der Waals surface area contributed by atoms with Crippen LogP contribution in [0.1, 0.15) is 11.3 Å². The highest BCUT2D eigenvalue weighted by Crippen LogP contribution is 2.28. The Morgan fingerprint density at radius 2 is 1.93 bits per heavy atom. The first-order valence-electron chi connectivity index (χ1n) is 8.37. The monoisotopic (exact) mass is 395 g/mol. The number of imidazole rings is 1. The number of rotatable bonds is 11. The largest absolute Gasteiger partial charge is 0.497 e. The average Bonchev–Trinajstić information content (AvgIpc) is 3.07. The van der Waals surface area contributed by atoms with Crippen molar-refractivity contribution in [2.24, 2.45) is 0 Å². The minimum absolute atomic E-state index is 0.0867. The molecule has 0 aliphatic rings. The normalized spacial score (nSPS) is 10.7. The predicted octanol–water partition coefficient (Wildman–Crippen LogP) is 1.45. The van der Waals surface area contributed by atoms with Gasteiger partial charge in [-0.05, 0) is 17.7 Å². The fourth-order valence-electron chi connectivity index (χ4n) is 2.39. The number of carbonyl (C=O) groups excluding carboxylic acids is 1. The van der Waals surface area contributed by atoms with Crippen LogP contribution in [0.15, 0.2) is 29.6 Å². The van der Waals surface area contributed by atoms with Crippen molar-refractivity contribution >= 4 is 17.7 Å². The van der Waals surface area contributed by atoms with Crippen molar-refractivity contribution in [1.29, 1.82) is 0 Å². The molecule has 2 N–H and O–H groups in total. The number of nitrogens with zero attached hydrogens (tertiary/aromatic N) is 2. The third-order valence-electron chi connectivity index (χ3n) is 3.77. The van der Waals surface area contributed by atoms with Crippen LogP contribution in [0, 0.1) is 0 Å². The Morgan fingerprint density at radius 1 is 1.22 bits per heavy atom. The predicted molar refractivity (Wildman–Crippen MR) is 102 cm³/mol. The summed E-state index contributed by atoms with van der Waals surface area (Å²) in [5.41, 5.74) is 1.59. The van der Waals surface area contributed by atoms with Crippen molar-refractivity contribution in [3.8, 4) is 11.5 Å². The number of hydrogen-bond donors (Lipinski definition) is 2. The first-order chi connectivity index (χ1) is 13.1. The van der Waals surface area contributed by atoms with Crippen LogP contribution in [0.5, 0.6) is 11.5 Å². The Hall–Kier alpha value is -2.23. The van der Waals surface area contributed by atoms with Gasteiger partial charge in [-0.15, -0.1) is 0 Å². The van der Waals surface area contributed by atoms with Crippen molar-refractivity contribution in [2.45, 2.75) is 24.1 Å². The summed E-state index contributed by atoms with van der Waals surface area (Å²) in [4.78, 5) is 16.4. The van der Waals surface area contributed by atoms with Crippen LogP contribution in [0.25, 0.3) is 0 Å². The van der Waals surface area contributed by atoms with Gasteiger partial charge in [0.2, 0.25) is 5.91 Å². The van der Waals surface area contributed by atoms with Gasteiger partial charge in [0.1, 0.15) is 18.0 Å². The maximum absolute atomic E-state index is 12.1. The molecule has 0 atom stereocenters. The fraction of sp³-hybridized carbons (Fsp3) is 0.444. The molecule has 0 saturated heterocycles.